The third kappa shape index (κ3) is 2.62. The summed E-state index contributed by atoms with van der Waals surface area (Å²) in [6.45, 7) is 2.03. The van der Waals surface area contributed by atoms with Gasteiger partial charge in [0, 0.05) is 12.7 Å². The number of benzene rings is 1. The maximum atomic E-state index is 12.5. The van der Waals surface area contributed by atoms with E-state index in [0.29, 0.717) is 12.4 Å². The van der Waals surface area contributed by atoms with Crippen LogP contribution in [0.1, 0.15) is 12.5 Å². The third-order valence-corrected chi connectivity index (χ3v) is 3.56. The highest BCUT2D eigenvalue weighted by molar-refractivity contribution is 6.00. The number of carbonyl (C=O) groups is 2. The van der Waals surface area contributed by atoms with E-state index < -0.39 is 6.04 Å². The van der Waals surface area contributed by atoms with Gasteiger partial charge in [-0.3, -0.25) is 14.8 Å². The van der Waals surface area contributed by atoms with Gasteiger partial charge < -0.3 is 10.2 Å². The minimum atomic E-state index is -0.593. The molecule has 1 aromatic heterocycles. The van der Waals surface area contributed by atoms with Crippen LogP contribution in [0.3, 0.4) is 0 Å². The molecule has 0 aliphatic carbocycles. The minimum absolute atomic E-state index is 0.223. The summed E-state index contributed by atoms with van der Waals surface area (Å²) in [6.07, 6.45) is 1.59. The lowest BCUT2D eigenvalue weighted by molar-refractivity contribution is -0.119. The zero-order valence-corrected chi connectivity index (χ0v) is 12.3. The lowest BCUT2D eigenvalue weighted by atomic mass is 10.2. The zero-order valence-electron chi connectivity index (χ0n) is 12.3. The van der Waals surface area contributed by atoms with Crippen molar-refractivity contribution in [3.8, 4) is 0 Å². The van der Waals surface area contributed by atoms with E-state index in [1.54, 1.807) is 20.2 Å². The topological polar surface area (TPSA) is 92.2 Å². The van der Waals surface area contributed by atoms with Crippen molar-refractivity contribution in [2.75, 3.05) is 10.6 Å². The van der Waals surface area contributed by atoms with Crippen LogP contribution in [0.4, 0.5) is 16.3 Å². The molecule has 22 heavy (non-hydrogen) atoms. The summed E-state index contributed by atoms with van der Waals surface area (Å²) >= 11 is 0. The first kappa shape index (κ1) is 14.1. The molecule has 0 bridgehead atoms. The van der Waals surface area contributed by atoms with E-state index in [4.69, 9.17) is 0 Å². The fourth-order valence-corrected chi connectivity index (χ4v) is 2.31. The SMILES string of the molecule is CC1C(=O)Nc2ccccc2CN1C(=O)Nc1cn(C)nn1. The van der Waals surface area contributed by atoms with E-state index in [9.17, 15) is 9.59 Å². The Morgan fingerprint density at radius 2 is 2.18 bits per heavy atom. The van der Waals surface area contributed by atoms with Crippen molar-refractivity contribution in [1.29, 1.82) is 0 Å². The van der Waals surface area contributed by atoms with Crippen molar-refractivity contribution in [3.63, 3.8) is 0 Å². The van der Waals surface area contributed by atoms with Crippen molar-refractivity contribution >= 4 is 23.4 Å². The van der Waals surface area contributed by atoms with Crippen LogP contribution in [0, 0.1) is 0 Å². The van der Waals surface area contributed by atoms with Gasteiger partial charge in [0.1, 0.15) is 6.04 Å². The Labute approximate surface area is 127 Å². The van der Waals surface area contributed by atoms with E-state index in [-0.39, 0.29) is 11.9 Å². The highest BCUT2D eigenvalue weighted by Crippen LogP contribution is 2.23. The Bertz CT molecular complexity index is 726. The zero-order chi connectivity index (χ0) is 15.7. The predicted octanol–water partition coefficient (Wildman–Crippen LogP) is 1.19. The molecule has 1 aliphatic rings. The number of para-hydroxylation sites is 1. The molecule has 0 radical (unpaired) electrons. The van der Waals surface area contributed by atoms with E-state index >= 15 is 0 Å². The number of anilines is 2. The molecule has 0 spiro atoms. The molecule has 8 nitrogen and oxygen atoms in total. The van der Waals surface area contributed by atoms with Crippen LogP contribution in [0.5, 0.6) is 0 Å². The number of amides is 3. The highest BCUT2D eigenvalue weighted by Gasteiger charge is 2.30. The molecule has 2 aromatic rings. The molecule has 1 atom stereocenters. The molecule has 3 amide bonds. The minimum Gasteiger partial charge on any atom is -0.324 e. The summed E-state index contributed by atoms with van der Waals surface area (Å²) in [4.78, 5) is 26.1. The standard InChI is InChI=1S/C14H16N6O2/c1-9-13(21)15-11-6-4-3-5-10(11)7-20(9)14(22)16-12-8-19(2)18-17-12/h3-6,8-9H,7H2,1-2H3,(H,15,21)(H,16,22). The molecule has 0 fully saturated rings. The van der Waals surface area contributed by atoms with E-state index in [1.807, 2.05) is 24.3 Å². The molecular weight excluding hydrogens is 284 g/mol. The van der Waals surface area contributed by atoms with Crippen LogP contribution in [0.15, 0.2) is 30.5 Å². The van der Waals surface area contributed by atoms with Gasteiger partial charge in [-0.15, -0.1) is 5.10 Å². The summed E-state index contributed by atoms with van der Waals surface area (Å²) in [6, 6.07) is 6.45. The van der Waals surface area contributed by atoms with Gasteiger partial charge >= 0.3 is 6.03 Å². The molecule has 1 aromatic carbocycles. The van der Waals surface area contributed by atoms with Crippen LogP contribution in [-0.2, 0) is 18.4 Å². The van der Waals surface area contributed by atoms with Crippen molar-refractivity contribution in [2.24, 2.45) is 7.05 Å². The fourth-order valence-electron chi connectivity index (χ4n) is 2.31. The molecule has 3 rings (SSSR count). The first-order chi connectivity index (χ1) is 10.5. The van der Waals surface area contributed by atoms with Gasteiger partial charge in [-0.2, -0.15) is 0 Å². The van der Waals surface area contributed by atoms with Crippen molar-refractivity contribution in [2.45, 2.75) is 19.5 Å². The largest absolute Gasteiger partial charge is 0.324 e. The van der Waals surface area contributed by atoms with Crippen molar-refractivity contribution < 1.29 is 9.59 Å². The van der Waals surface area contributed by atoms with Gasteiger partial charge in [0.15, 0.2) is 5.82 Å². The Balaban J connectivity index is 1.85. The summed E-state index contributed by atoms with van der Waals surface area (Å²) in [5, 5.41) is 13.1. The lowest BCUT2D eigenvalue weighted by Crippen LogP contribution is -2.45. The molecule has 1 aliphatic heterocycles. The maximum absolute atomic E-state index is 12.5. The van der Waals surface area contributed by atoms with Gasteiger partial charge in [-0.25, -0.2) is 4.79 Å². The second-order valence-corrected chi connectivity index (χ2v) is 5.16. The normalized spacial score (nSPS) is 17.5. The molecule has 0 saturated heterocycles. The van der Waals surface area contributed by atoms with Gasteiger partial charge in [0.05, 0.1) is 12.7 Å². The van der Waals surface area contributed by atoms with E-state index in [2.05, 4.69) is 20.9 Å². The number of nitrogens with one attached hydrogen (secondary N) is 2. The van der Waals surface area contributed by atoms with Crippen LogP contribution < -0.4 is 10.6 Å². The lowest BCUT2D eigenvalue weighted by Gasteiger charge is -2.25. The molecule has 0 saturated carbocycles. The van der Waals surface area contributed by atoms with Gasteiger partial charge in [0.25, 0.3) is 0 Å². The number of aryl methyl sites for hydroxylation is 1. The monoisotopic (exact) mass is 300 g/mol. The van der Waals surface area contributed by atoms with Crippen LogP contribution >= 0.6 is 0 Å². The Morgan fingerprint density at radius 1 is 1.41 bits per heavy atom. The first-order valence-electron chi connectivity index (χ1n) is 6.87. The Hall–Kier alpha value is -2.90. The Morgan fingerprint density at radius 3 is 2.91 bits per heavy atom. The smallest absolute Gasteiger partial charge is 0.324 e. The third-order valence-electron chi connectivity index (χ3n) is 3.56. The number of nitrogens with zero attached hydrogens (tertiary/aromatic N) is 4. The summed E-state index contributed by atoms with van der Waals surface area (Å²) in [7, 11) is 1.71. The maximum Gasteiger partial charge on any atom is 0.324 e. The van der Waals surface area contributed by atoms with E-state index in [1.165, 1.54) is 9.58 Å². The first-order valence-corrected chi connectivity index (χ1v) is 6.87. The summed E-state index contributed by atoms with van der Waals surface area (Å²) in [5.74, 6) is 0.122. The molecule has 1 unspecified atom stereocenters. The quantitative estimate of drug-likeness (QED) is 0.827. The van der Waals surface area contributed by atoms with Gasteiger partial charge in [-0.1, -0.05) is 23.4 Å². The summed E-state index contributed by atoms with van der Waals surface area (Å²) in [5.41, 5.74) is 1.61. The summed E-state index contributed by atoms with van der Waals surface area (Å²) < 4.78 is 1.49. The van der Waals surface area contributed by atoms with Gasteiger partial charge in [-0.05, 0) is 18.6 Å². The van der Waals surface area contributed by atoms with Crippen LogP contribution in [0.2, 0.25) is 0 Å². The predicted molar refractivity (Wildman–Crippen MR) is 80.1 cm³/mol. The molecule has 2 heterocycles. The number of fused-ring (bicyclic) bond motifs is 1. The number of urea groups is 1. The molecular formula is C14H16N6O2. The number of carbonyl (C=O) groups excluding carboxylic acids is 2. The fraction of sp³-hybridized carbons (Fsp3) is 0.286. The van der Waals surface area contributed by atoms with Crippen molar-refractivity contribution in [1.82, 2.24) is 19.9 Å². The molecule has 2 N–H and O–H groups in total. The molecule has 8 heteroatoms. The second kappa shape index (κ2) is 5.47. The van der Waals surface area contributed by atoms with Gasteiger partial charge in [0.2, 0.25) is 5.91 Å². The average molecular weight is 300 g/mol. The number of hydrogen-bond donors (Lipinski definition) is 2. The number of hydrogen-bond acceptors (Lipinski definition) is 4. The number of aromatic nitrogens is 3. The van der Waals surface area contributed by atoms with Crippen LogP contribution in [-0.4, -0.2) is 37.9 Å². The second-order valence-electron chi connectivity index (χ2n) is 5.16. The van der Waals surface area contributed by atoms with Crippen LogP contribution in [0.25, 0.3) is 0 Å². The Kier molecular flexibility index (Phi) is 3.50. The highest BCUT2D eigenvalue weighted by atomic mass is 16.2. The molecule has 114 valence electrons. The number of rotatable bonds is 1. The van der Waals surface area contributed by atoms with E-state index in [0.717, 1.165) is 11.3 Å². The average Bonchev–Trinajstić information content (AvgIpc) is 2.84. The van der Waals surface area contributed by atoms with Crippen molar-refractivity contribution in [3.05, 3.63) is 36.0 Å².